The Morgan fingerprint density at radius 1 is 1.07 bits per heavy atom. The van der Waals surface area contributed by atoms with Crippen molar-refractivity contribution in [3.63, 3.8) is 0 Å². The fourth-order valence-electron chi connectivity index (χ4n) is 5.33. The first kappa shape index (κ1) is 25.8. The van der Waals surface area contributed by atoms with Gasteiger partial charge in [0.25, 0.3) is 0 Å². The standard InChI is InChI=1S/C30H30N6O4/c31-17-22-15-20(1-3-27(22)40-23-6-9-36(10-7-23)29(38)19-37)30-24-16-26(34-25(24)5-8-32-30)21-2-4-28(33-18-21)35-11-13-39-14-12-35/h1-5,8,15-16,18,23,34,37H,6-7,9-14,19H2. The van der Waals surface area contributed by atoms with Crippen molar-refractivity contribution >= 4 is 22.6 Å². The Kier molecular flexibility index (Phi) is 7.31. The minimum Gasteiger partial charge on any atom is -0.489 e. The van der Waals surface area contributed by atoms with Gasteiger partial charge in [0.1, 0.15) is 30.3 Å². The Hall–Kier alpha value is -4.46. The molecular formula is C30H30N6O4. The number of morpholine rings is 1. The van der Waals surface area contributed by atoms with Crippen molar-refractivity contribution in [2.45, 2.75) is 18.9 Å². The van der Waals surface area contributed by atoms with E-state index in [0.29, 0.717) is 37.2 Å². The van der Waals surface area contributed by atoms with Gasteiger partial charge in [-0.1, -0.05) is 0 Å². The number of benzene rings is 1. The molecule has 1 aromatic carbocycles. The summed E-state index contributed by atoms with van der Waals surface area (Å²) < 4.78 is 11.6. The van der Waals surface area contributed by atoms with Gasteiger partial charge in [-0.25, -0.2) is 4.98 Å². The SMILES string of the molecule is N#Cc1cc(-c2nccc3[nH]c(-c4ccc(N5CCOCC5)nc4)cc23)ccc1OC1CCN(C(=O)CO)CC1. The van der Waals surface area contributed by atoms with E-state index in [4.69, 9.17) is 14.6 Å². The molecule has 2 saturated heterocycles. The molecule has 2 fully saturated rings. The number of aliphatic hydroxyl groups is 1. The molecule has 0 atom stereocenters. The van der Waals surface area contributed by atoms with Crippen molar-refractivity contribution in [1.82, 2.24) is 19.9 Å². The molecule has 2 aliphatic rings. The number of fused-ring (bicyclic) bond motifs is 1. The van der Waals surface area contributed by atoms with Crippen molar-refractivity contribution < 1.29 is 19.4 Å². The smallest absolute Gasteiger partial charge is 0.248 e. The molecule has 0 aliphatic carbocycles. The third-order valence-electron chi connectivity index (χ3n) is 7.54. The van der Waals surface area contributed by atoms with E-state index in [-0.39, 0.29) is 12.0 Å². The number of carbonyl (C=O) groups excluding carboxylic acids is 1. The molecule has 0 bridgehead atoms. The highest BCUT2D eigenvalue weighted by atomic mass is 16.5. The molecule has 0 saturated carbocycles. The number of pyridine rings is 2. The molecular weight excluding hydrogens is 508 g/mol. The predicted molar refractivity (Wildman–Crippen MR) is 150 cm³/mol. The van der Waals surface area contributed by atoms with Crippen LogP contribution in [0.15, 0.2) is 54.9 Å². The number of H-pyrrole nitrogens is 1. The van der Waals surface area contributed by atoms with E-state index >= 15 is 0 Å². The Bertz CT molecular complexity index is 1550. The maximum Gasteiger partial charge on any atom is 0.248 e. The number of aromatic amines is 1. The lowest BCUT2D eigenvalue weighted by molar-refractivity contribution is -0.135. The number of nitriles is 1. The van der Waals surface area contributed by atoms with Gasteiger partial charge in [-0.2, -0.15) is 5.26 Å². The largest absolute Gasteiger partial charge is 0.489 e. The van der Waals surface area contributed by atoms with Crippen molar-refractivity contribution in [3.05, 3.63) is 60.4 Å². The fourth-order valence-corrected chi connectivity index (χ4v) is 5.33. The van der Waals surface area contributed by atoms with Crippen molar-refractivity contribution in [3.8, 4) is 34.3 Å². The number of aliphatic hydroxyl groups excluding tert-OH is 1. The summed E-state index contributed by atoms with van der Waals surface area (Å²) in [5.74, 6) is 1.20. The summed E-state index contributed by atoms with van der Waals surface area (Å²) in [6.07, 6.45) is 4.83. The van der Waals surface area contributed by atoms with E-state index in [2.05, 4.69) is 38.1 Å². The number of nitrogens with one attached hydrogen (secondary N) is 1. The van der Waals surface area contributed by atoms with Crippen LogP contribution in [0.5, 0.6) is 5.75 Å². The zero-order valence-electron chi connectivity index (χ0n) is 22.0. The summed E-state index contributed by atoms with van der Waals surface area (Å²) in [6, 6.07) is 15.9. The van der Waals surface area contributed by atoms with Crippen LogP contribution in [0.4, 0.5) is 5.82 Å². The van der Waals surface area contributed by atoms with Crippen LogP contribution in [0.1, 0.15) is 18.4 Å². The first-order valence-electron chi connectivity index (χ1n) is 13.5. The number of anilines is 1. The van der Waals surface area contributed by atoms with Crippen LogP contribution in [-0.4, -0.2) is 83.0 Å². The highest BCUT2D eigenvalue weighted by molar-refractivity contribution is 5.96. The summed E-state index contributed by atoms with van der Waals surface area (Å²) in [5, 5.41) is 19.9. The quantitative estimate of drug-likeness (QED) is 0.383. The third kappa shape index (κ3) is 5.21. The lowest BCUT2D eigenvalue weighted by Gasteiger charge is -2.32. The van der Waals surface area contributed by atoms with Gasteiger partial charge in [0.15, 0.2) is 0 Å². The highest BCUT2D eigenvalue weighted by Crippen LogP contribution is 2.34. The first-order chi connectivity index (χ1) is 19.6. The van der Waals surface area contributed by atoms with Crippen LogP contribution in [0.2, 0.25) is 0 Å². The summed E-state index contributed by atoms with van der Waals surface area (Å²) in [5.41, 5.74) is 4.90. The molecule has 1 amide bonds. The molecule has 10 nitrogen and oxygen atoms in total. The van der Waals surface area contributed by atoms with Gasteiger partial charge in [-0.15, -0.1) is 0 Å². The number of ether oxygens (including phenoxy) is 2. The molecule has 2 aliphatic heterocycles. The van der Waals surface area contributed by atoms with Crippen LogP contribution in [0, 0.1) is 11.3 Å². The Morgan fingerprint density at radius 3 is 2.60 bits per heavy atom. The highest BCUT2D eigenvalue weighted by Gasteiger charge is 2.24. The normalized spacial score (nSPS) is 16.2. The third-order valence-corrected chi connectivity index (χ3v) is 7.54. The number of aromatic nitrogens is 3. The van der Waals surface area contributed by atoms with E-state index < -0.39 is 6.61 Å². The molecule has 6 rings (SSSR count). The van der Waals surface area contributed by atoms with Crippen LogP contribution in [0.25, 0.3) is 33.4 Å². The molecule has 40 heavy (non-hydrogen) atoms. The van der Waals surface area contributed by atoms with Gasteiger partial charge in [-0.3, -0.25) is 9.78 Å². The number of hydrogen-bond acceptors (Lipinski definition) is 8. The van der Waals surface area contributed by atoms with Gasteiger partial charge < -0.3 is 29.4 Å². The fraction of sp³-hybridized carbons (Fsp3) is 0.333. The molecule has 5 heterocycles. The van der Waals surface area contributed by atoms with Crippen LogP contribution < -0.4 is 9.64 Å². The maximum atomic E-state index is 11.7. The number of amides is 1. The second kappa shape index (κ2) is 11.3. The van der Waals surface area contributed by atoms with Gasteiger partial charge in [0, 0.05) is 79.1 Å². The monoisotopic (exact) mass is 538 g/mol. The van der Waals surface area contributed by atoms with E-state index in [1.807, 2.05) is 36.5 Å². The summed E-state index contributed by atoms with van der Waals surface area (Å²) >= 11 is 0. The second-order valence-electron chi connectivity index (χ2n) is 9.99. The molecule has 4 aromatic rings. The number of likely N-dealkylation sites (tertiary alicyclic amines) is 1. The topological polar surface area (TPSA) is 128 Å². The summed E-state index contributed by atoms with van der Waals surface area (Å²) in [7, 11) is 0. The van der Waals surface area contributed by atoms with E-state index in [9.17, 15) is 10.1 Å². The van der Waals surface area contributed by atoms with Crippen LogP contribution in [0.3, 0.4) is 0 Å². The Morgan fingerprint density at radius 2 is 1.88 bits per heavy atom. The summed E-state index contributed by atoms with van der Waals surface area (Å²) in [4.78, 5) is 28.4. The van der Waals surface area contributed by atoms with E-state index in [0.717, 1.165) is 65.5 Å². The summed E-state index contributed by atoms with van der Waals surface area (Å²) in [6.45, 7) is 3.69. The molecule has 204 valence electrons. The van der Waals surface area contributed by atoms with Crippen molar-refractivity contribution in [1.29, 1.82) is 5.26 Å². The zero-order chi connectivity index (χ0) is 27.5. The number of rotatable bonds is 6. The first-order valence-corrected chi connectivity index (χ1v) is 13.5. The number of carbonyl (C=O) groups is 1. The molecule has 3 aromatic heterocycles. The lowest BCUT2D eigenvalue weighted by Crippen LogP contribution is -2.42. The van der Waals surface area contributed by atoms with Crippen molar-refractivity contribution in [2.75, 3.05) is 50.9 Å². The predicted octanol–water partition coefficient (Wildman–Crippen LogP) is 3.36. The van der Waals surface area contributed by atoms with Gasteiger partial charge in [-0.05, 0) is 42.5 Å². The minimum absolute atomic E-state index is 0.0993. The number of piperidine rings is 1. The van der Waals surface area contributed by atoms with E-state index in [1.54, 1.807) is 11.1 Å². The number of hydrogen-bond donors (Lipinski definition) is 2. The van der Waals surface area contributed by atoms with Gasteiger partial charge in [0.2, 0.25) is 5.91 Å². The minimum atomic E-state index is -0.479. The maximum absolute atomic E-state index is 11.7. The second-order valence-corrected chi connectivity index (χ2v) is 9.99. The Balaban J connectivity index is 1.22. The van der Waals surface area contributed by atoms with Crippen LogP contribution in [-0.2, 0) is 9.53 Å². The molecule has 0 radical (unpaired) electrons. The molecule has 10 heteroatoms. The average Bonchev–Trinajstić information content (AvgIpc) is 3.46. The number of nitrogens with zero attached hydrogens (tertiary/aromatic N) is 5. The van der Waals surface area contributed by atoms with E-state index in [1.165, 1.54) is 0 Å². The molecule has 2 N–H and O–H groups in total. The zero-order valence-corrected chi connectivity index (χ0v) is 22.0. The van der Waals surface area contributed by atoms with Crippen LogP contribution >= 0.6 is 0 Å². The Labute approximate surface area is 231 Å². The van der Waals surface area contributed by atoms with Gasteiger partial charge >= 0.3 is 0 Å². The average molecular weight is 539 g/mol. The van der Waals surface area contributed by atoms with Gasteiger partial charge in [0.05, 0.1) is 24.5 Å². The molecule has 0 unspecified atom stereocenters. The lowest BCUT2D eigenvalue weighted by atomic mass is 10.0. The molecule has 0 spiro atoms. The van der Waals surface area contributed by atoms with Crippen molar-refractivity contribution in [2.24, 2.45) is 0 Å².